The van der Waals surface area contributed by atoms with Crippen molar-refractivity contribution in [2.45, 2.75) is 12.5 Å². The largest absolute Gasteiger partial charge is 0.320 e. The molecule has 1 heterocycles. The Hall–Kier alpha value is -1.89. The van der Waals surface area contributed by atoms with Crippen molar-refractivity contribution in [2.75, 3.05) is 13.6 Å². The van der Waals surface area contributed by atoms with Gasteiger partial charge in [0, 0.05) is 5.56 Å². The first-order chi connectivity index (χ1) is 8.72. The summed E-state index contributed by atoms with van der Waals surface area (Å²) in [5.41, 5.74) is 0.225. The van der Waals surface area contributed by atoms with Crippen molar-refractivity contribution in [3.05, 3.63) is 41.7 Å². The molecule has 0 bridgehead atoms. The summed E-state index contributed by atoms with van der Waals surface area (Å²) in [4.78, 5) is 1.29. The lowest BCUT2D eigenvalue weighted by Crippen LogP contribution is -2.21. The van der Waals surface area contributed by atoms with Gasteiger partial charge in [0.25, 0.3) is 0 Å². The molecule has 1 N–H and O–H groups in total. The molecule has 2 aromatic rings. The third-order valence-corrected chi connectivity index (χ3v) is 2.63. The van der Waals surface area contributed by atoms with Crippen LogP contribution in [0, 0.1) is 11.6 Å². The van der Waals surface area contributed by atoms with Gasteiger partial charge in [-0.25, -0.2) is 8.78 Å². The van der Waals surface area contributed by atoms with E-state index in [1.165, 1.54) is 17.2 Å². The second kappa shape index (κ2) is 5.63. The van der Waals surface area contributed by atoms with Crippen LogP contribution in [0.4, 0.5) is 8.78 Å². The molecule has 0 aliphatic heterocycles. The van der Waals surface area contributed by atoms with Gasteiger partial charge < -0.3 is 5.32 Å². The molecule has 0 aliphatic rings. The third-order valence-electron chi connectivity index (χ3n) is 2.63. The lowest BCUT2D eigenvalue weighted by atomic mass is 10.0. The Morgan fingerprint density at radius 1 is 1.39 bits per heavy atom. The predicted molar refractivity (Wildman–Crippen MR) is 60.9 cm³/mol. The van der Waals surface area contributed by atoms with E-state index in [4.69, 9.17) is 0 Å². The van der Waals surface area contributed by atoms with E-state index in [0.717, 1.165) is 12.1 Å². The quantitative estimate of drug-likeness (QED) is 0.868. The van der Waals surface area contributed by atoms with Gasteiger partial charge in [-0.1, -0.05) is 0 Å². The normalized spacial score (nSPS) is 12.6. The standard InChI is InChI=1S/C11H13F2N5/c1-14-5-4-11(18-16-7-15-17-18)9-6-8(12)2-3-10(9)13/h2-3,6-7,11,14H,4-5H2,1H3. The summed E-state index contributed by atoms with van der Waals surface area (Å²) in [5.74, 6) is -0.962. The number of hydrogen-bond donors (Lipinski definition) is 1. The van der Waals surface area contributed by atoms with Crippen molar-refractivity contribution >= 4 is 0 Å². The zero-order valence-electron chi connectivity index (χ0n) is 9.85. The van der Waals surface area contributed by atoms with Crippen LogP contribution in [0.2, 0.25) is 0 Å². The van der Waals surface area contributed by atoms with Crippen molar-refractivity contribution in [3.63, 3.8) is 0 Å². The Labute approximate surface area is 103 Å². The average molecular weight is 253 g/mol. The van der Waals surface area contributed by atoms with Crippen LogP contribution < -0.4 is 5.32 Å². The Morgan fingerprint density at radius 2 is 2.22 bits per heavy atom. The molecule has 18 heavy (non-hydrogen) atoms. The Morgan fingerprint density at radius 3 is 2.89 bits per heavy atom. The molecule has 1 aromatic carbocycles. The van der Waals surface area contributed by atoms with Crippen LogP contribution in [0.25, 0.3) is 0 Å². The van der Waals surface area contributed by atoms with Gasteiger partial charge in [0.15, 0.2) is 6.33 Å². The van der Waals surface area contributed by atoms with E-state index in [2.05, 4.69) is 20.7 Å². The first-order valence-electron chi connectivity index (χ1n) is 5.54. The van der Waals surface area contributed by atoms with Gasteiger partial charge in [-0.05, 0) is 43.4 Å². The number of nitrogens with zero attached hydrogens (tertiary/aromatic N) is 4. The summed E-state index contributed by atoms with van der Waals surface area (Å²) in [6.45, 7) is 0.627. The van der Waals surface area contributed by atoms with Crippen LogP contribution in [0.5, 0.6) is 0 Å². The minimum atomic E-state index is -0.485. The van der Waals surface area contributed by atoms with Crippen molar-refractivity contribution in [1.82, 2.24) is 25.5 Å². The smallest absolute Gasteiger partial charge is 0.162 e. The average Bonchev–Trinajstić information content (AvgIpc) is 2.88. The lowest BCUT2D eigenvalue weighted by Gasteiger charge is -2.16. The molecule has 2 rings (SSSR count). The molecular formula is C11H13F2N5. The first-order valence-corrected chi connectivity index (χ1v) is 5.54. The van der Waals surface area contributed by atoms with Crippen LogP contribution in [0.15, 0.2) is 24.5 Å². The summed E-state index contributed by atoms with van der Waals surface area (Å²) in [7, 11) is 1.79. The highest BCUT2D eigenvalue weighted by molar-refractivity contribution is 5.22. The summed E-state index contributed by atoms with van der Waals surface area (Å²) >= 11 is 0. The number of halogens is 2. The molecule has 0 spiro atoms. The number of benzene rings is 1. The van der Waals surface area contributed by atoms with Gasteiger partial charge in [-0.15, -0.1) is 10.2 Å². The molecule has 5 nitrogen and oxygen atoms in total. The number of hydrogen-bond acceptors (Lipinski definition) is 4. The van der Waals surface area contributed by atoms with Crippen molar-refractivity contribution < 1.29 is 8.78 Å². The molecule has 0 fully saturated rings. The molecule has 1 aromatic heterocycles. The van der Waals surface area contributed by atoms with Crippen molar-refractivity contribution in [3.8, 4) is 0 Å². The minimum Gasteiger partial charge on any atom is -0.320 e. The van der Waals surface area contributed by atoms with E-state index in [0.29, 0.717) is 13.0 Å². The molecule has 1 atom stereocenters. The second-order valence-corrected chi connectivity index (χ2v) is 3.83. The van der Waals surface area contributed by atoms with Crippen molar-refractivity contribution in [1.29, 1.82) is 0 Å². The fraction of sp³-hybridized carbons (Fsp3) is 0.364. The van der Waals surface area contributed by atoms with E-state index in [1.807, 2.05) is 0 Å². The van der Waals surface area contributed by atoms with E-state index < -0.39 is 17.7 Å². The summed E-state index contributed by atoms with van der Waals surface area (Å²) in [6, 6.07) is 2.88. The zero-order valence-corrected chi connectivity index (χ0v) is 9.85. The fourth-order valence-electron chi connectivity index (χ4n) is 1.76. The van der Waals surface area contributed by atoms with Gasteiger partial charge in [0.2, 0.25) is 0 Å². The summed E-state index contributed by atoms with van der Waals surface area (Å²) < 4.78 is 27.0. The van der Waals surface area contributed by atoms with Gasteiger partial charge in [-0.3, -0.25) is 0 Å². The van der Waals surface area contributed by atoms with Gasteiger partial charge in [0.05, 0.1) is 0 Å². The van der Waals surface area contributed by atoms with E-state index >= 15 is 0 Å². The lowest BCUT2D eigenvalue weighted by molar-refractivity contribution is 0.405. The Kier molecular flexibility index (Phi) is 3.93. The summed E-state index contributed by atoms with van der Waals surface area (Å²) in [6.07, 6.45) is 1.80. The molecule has 0 saturated carbocycles. The minimum absolute atomic E-state index is 0.225. The predicted octanol–water partition coefficient (Wildman–Crippen LogP) is 1.15. The second-order valence-electron chi connectivity index (χ2n) is 3.83. The maximum atomic E-state index is 13.8. The number of tetrazole rings is 1. The van der Waals surface area contributed by atoms with Crippen LogP contribution >= 0.6 is 0 Å². The monoisotopic (exact) mass is 253 g/mol. The van der Waals surface area contributed by atoms with Crippen LogP contribution in [0.1, 0.15) is 18.0 Å². The molecular weight excluding hydrogens is 240 g/mol. The molecule has 96 valence electrons. The zero-order chi connectivity index (χ0) is 13.0. The van der Waals surface area contributed by atoms with Gasteiger partial charge in [-0.2, -0.15) is 4.80 Å². The molecule has 0 amide bonds. The van der Waals surface area contributed by atoms with E-state index in [1.54, 1.807) is 7.05 Å². The topological polar surface area (TPSA) is 55.6 Å². The number of aromatic nitrogens is 4. The number of nitrogens with one attached hydrogen (secondary N) is 1. The van der Waals surface area contributed by atoms with Crippen LogP contribution in [-0.4, -0.2) is 33.8 Å². The highest BCUT2D eigenvalue weighted by Gasteiger charge is 2.20. The fourth-order valence-corrected chi connectivity index (χ4v) is 1.76. The summed E-state index contributed by atoms with van der Waals surface area (Å²) in [5, 5.41) is 14.2. The van der Waals surface area contributed by atoms with E-state index in [9.17, 15) is 8.78 Å². The molecule has 1 unspecified atom stereocenters. The third kappa shape index (κ3) is 2.67. The first kappa shape index (κ1) is 12.6. The van der Waals surface area contributed by atoms with Gasteiger partial charge >= 0.3 is 0 Å². The molecule has 7 heteroatoms. The highest BCUT2D eigenvalue weighted by atomic mass is 19.1. The van der Waals surface area contributed by atoms with Crippen LogP contribution in [-0.2, 0) is 0 Å². The van der Waals surface area contributed by atoms with Crippen LogP contribution in [0.3, 0.4) is 0 Å². The molecule has 0 radical (unpaired) electrons. The Balaban J connectivity index is 2.36. The molecule has 0 saturated heterocycles. The SMILES string of the molecule is CNCCC(c1cc(F)ccc1F)n1ncnn1. The molecule has 0 aliphatic carbocycles. The maximum Gasteiger partial charge on any atom is 0.162 e. The highest BCUT2D eigenvalue weighted by Crippen LogP contribution is 2.23. The van der Waals surface area contributed by atoms with Gasteiger partial charge in [0.1, 0.15) is 17.7 Å². The van der Waals surface area contributed by atoms with Crippen molar-refractivity contribution in [2.24, 2.45) is 0 Å². The Bertz CT molecular complexity index is 500. The number of rotatable bonds is 5. The maximum absolute atomic E-state index is 13.8. The van der Waals surface area contributed by atoms with E-state index in [-0.39, 0.29) is 5.56 Å².